The van der Waals surface area contributed by atoms with Crippen molar-refractivity contribution in [2.75, 3.05) is 5.32 Å². The quantitative estimate of drug-likeness (QED) is 0.903. The molecule has 0 aliphatic carbocycles. The lowest BCUT2D eigenvalue weighted by Gasteiger charge is -2.08. The van der Waals surface area contributed by atoms with Gasteiger partial charge in [0.05, 0.1) is 11.3 Å². The van der Waals surface area contributed by atoms with Gasteiger partial charge < -0.3 is 10.4 Å². The fourth-order valence-corrected chi connectivity index (χ4v) is 1.54. The number of carboxylic acid groups (broad SMARTS) is 1. The number of pyridine rings is 1. The third-order valence-electron chi connectivity index (χ3n) is 2.43. The number of hydrogen-bond acceptors (Lipinski definition) is 3. The Labute approximate surface area is 111 Å². The van der Waals surface area contributed by atoms with Crippen LogP contribution in [0.1, 0.15) is 20.8 Å². The summed E-state index contributed by atoms with van der Waals surface area (Å²) >= 11 is 0. The molecule has 0 atom stereocenters. The van der Waals surface area contributed by atoms with Crippen LogP contribution in [0.5, 0.6) is 0 Å². The molecule has 1 heterocycles. The van der Waals surface area contributed by atoms with Crippen molar-refractivity contribution in [1.29, 1.82) is 0 Å². The topological polar surface area (TPSA) is 79.3 Å². The Hall–Kier alpha value is -2.83. The number of aromatic carboxylic acids is 1. The molecule has 0 saturated heterocycles. The van der Waals surface area contributed by atoms with E-state index < -0.39 is 34.8 Å². The number of amides is 1. The number of rotatable bonds is 3. The Morgan fingerprint density at radius 2 is 1.95 bits per heavy atom. The van der Waals surface area contributed by atoms with Crippen LogP contribution in [0.15, 0.2) is 36.5 Å². The zero-order valence-electron chi connectivity index (χ0n) is 9.93. The average molecular weight is 278 g/mol. The van der Waals surface area contributed by atoms with Crippen molar-refractivity contribution < 1.29 is 23.5 Å². The number of halogens is 2. The molecule has 7 heteroatoms. The van der Waals surface area contributed by atoms with Gasteiger partial charge >= 0.3 is 5.97 Å². The van der Waals surface area contributed by atoms with Gasteiger partial charge in [-0.05, 0) is 30.3 Å². The van der Waals surface area contributed by atoms with Gasteiger partial charge in [0.25, 0.3) is 5.91 Å². The smallest absolute Gasteiger partial charge is 0.337 e. The molecule has 0 radical (unpaired) electrons. The van der Waals surface area contributed by atoms with Gasteiger partial charge in [-0.1, -0.05) is 0 Å². The Morgan fingerprint density at radius 3 is 2.60 bits per heavy atom. The molecule has 1 amide bonds. The van der Waals surface area contributed by atoms with Crippen LogP contribution >= 0.6 is 0 Å². The largest absolute Gasteiger partial charge is 0.478 e. The van der Waals surface area contributed by atoms with E-state index in [2.05, 4.69) is 10.3 Å². The molecule has 20 heavy (non-hydrogen) atoms. The number of carbonyl (C=O) groups excluding carboxylic acids is 1. The van der Waals surface area contributed by atoms with Crippen LogP contribution < -0.4 is 5.32 Å². The number of carbonyl (C=O) groups is 2. The summed E-state index contributed by atoms with van der Waals surface area (Å²) in [7, 11) is 0. The van der Waals surface area contributed by atoms with Crippen LogP contribution in [-0.4, -0.2) is 22.0 Å². The van der Waals surface area contributed by atoms with E-state index in [4.69, 9.17) is 5.11 Å². The second-order valence-corrected chi connectivity index (χ2v) is 3.78. The molecule has 0 aliphatic rings. The Morgan fingerprint density at radius 1 is 1.20 bits per heavy atom. The highest BCUT2D eigenvalue weighted by Crippen LogP contribution is 2.18. The van der Waals surface area contributed by atoms with E-state index in [-0.39, 0.29) is 5.69 Å². The van der Waals surface area contributed by atoms with Gasteiger partial charge in [0.2, 0.25) is 0 Å². The highest BCUT2D eigenvalue weighted by Gasteiger charge is 2.17. The molecule has 0 aliphatic heterocycles. The molecule has 0 spiro atoms. The van der Waals surface area contributed by atoms with Crippen LogP contribution in [0.4, 0.5) is 14.5 Å². The van der Waals surface area contributed by atoms with Gasteiger partial charge in [-0.15, -0.1) is 0 Å². The summed E-state index contributed by atoms with van der Waals surface area (Å²) in [5, 5.41) is 11.1. The van der Waals surface area contributed by atoms with Crippen molar-refractivity contribution >= 4 is 17.6 Å². The minimum Gasteiger partial charge on any atom is -0.478 e. The third-order valence-corrected chi connectivity index (χ3v) is 2.43. The first-order chi connectivity index (χ1) is 9.49. The van der Waals surface area contributed by atoms with Crippen molar-refractivity contribution in [3.63, 3.8) is 0 Å². The van der Waals surface area contributed by atoms with Crippen LogP contribution in [0.2, 0.25) is 0 Å². The van der Waals surface area contributed by atoms with E-state index in [1.54, 1.807) is 0 Å². The van der Waals surface area contributed by atoms with Crippen LogP contribution in [0.3, 0.4) is 0 Å². The van der Waals surface area contributed by atoms with Crippen molar-refractivity contribution in [2.45, 2.75) is 0 Å². The molecular formula is C13H8F2N2O3. The lowest BCUT2D eigenvalue weighted by molar-refractivity contribution is 0.0697. The lowest BCUT2D eigenvalue weighted by atomic mass is 10.1. The standard InChI is InChI=1S/C13H8F2N2O3/c14-7-3-4-10(8(6-7)13(19)20)17-12(18)11-9(15)2-1-5-16-11/h1-6H,(H,17,18)(H,19,20). The second kappa shape index (κ2) is 5.43. The zero-order valence-corrected chi connectivity index (χ0v) is 9.93. The molecule has 0 unspecified atom stereocenters. The maximum Gasteiger partial charge on any atom is 0.337 e. The van der Waals surface area contributed by atoms with Gasteiger partial charge in [0.1, 0.15) is 5.82 Å². The minimum absolute atomic E-state index is 0.144. The zero-order chi connectivity index (χ0) is 14.7. The lowest BCUT2D eigenvalue weighted by Crippen LogP contribution is -2.17. The van der Waals surface area contributed by atoms with E-state index >= 15 is 0 Å². The van der Waals surface area contributed by atoms with E-state index in [1.165, 1.54) is 12.3 Å². The Kier molecular flexibility index (Phi) is 3.69. The second-order valence-electron chi connectivity index (χ2n) is 3.78. The number of nitrogens with one attached hydrogen (secondary N) is 1. The molecule has 2 rings (SSSR count). The highest BCUT2D eigenvalue weighted by molar-refractivity contribution is 6.06. The van der Waals surface area contributed by atoms with Crippen molar-refractivity contribution in [3.8, 4) is 0 Å². The maximum absolute atomic E-state index is 13.4. The predicted octanol–water partition coefficient (Wildman–Crippen LogP) is 2.31. The summed E-state index contributed by atoms with van der Waals surface area (Å²) in [5.41, 5.74) is -1.06. The van der Waals surface area contributed by atoms with Gasteiger partial charge in [-0.3, -0.25) is 4.79 Å². The third kappa shape index (κ3) is 2.77. The molecule has 0 fully saturated rings. The fraction of sp³-hybridized carbons (Fsp3) is 0. The minimum atomic E-state index is -1.42. The van der Waals surface area contributed by atoms with Gasteiger partial charge in [-0.25, -0.2) is 18.6 Å². The molecule has 2 aromatic rings. The highest BCUT2D eigenvalue weighted by atomic mass is 19.1. The molecule has 5 nitrogen and oxygen atoms in total. The number of benzene rings is 1. The molecule has 102 valence electrons. The molecule has 2 N–H and O–H groups in total. The first-order valence-electron chi connectivity index (χ1n) is 5.44. The summed E-state index contributed by atoms with van der Waals surface area (Å²) in [4.78, 5) is 26.3. The number of nitrogens with zero attached hydrogens (tertiary/aromatic N) is 1. The van der Waals surface area contributed by atoms with E-state index in [9.17, 15) is 18.4 Å². The molecule has 1 aromatic carbocycles. The number of carboxylic acids is 1. The van der Waals surface area contributed by atoms with Crippen LogP contribution in [-0.2, 0) is 0 Å². The van der Waals surface area contributed by atoms with E-state index in [1.807, 2.05) is 0 Å². The maximum atomic E-state index is 13.4. The Balaban J connectivity index is 2.33. The van der Waals surface area contributed by atoms with Crippen molar-refractivity contribution in [2.24, 2.45) is 0 Å². The monoisotopic (exact) mass is 278 g/mol. The SMILES string of the molecule is O=C(O)c1cc(F)ccc1NC(=O)c1ncccc1F. The summed E-state index contributed by atoms with van der Waals surface area (Å²) in [6, 6.07) is 5.18. The molecule has 0 bridgehead atoms. The normalized spacial score (nSPS) is 10.1. The summed E-state index contributed by atoms with van der Waals surface area (Å²) in [6.45, 7) is 0. The number of anilines is 1. The van der Waals surface area contributed by atoms with E-state index in [0.29, 0.717) is 0 Å². The van der Waals surface area contributed by atoms with Gasteiger partial charge in [0, 0.05) is 6.20 Å². The van der Waals surface area contributed by atoms with Gasteiger partial charge in [0.15, 0.2) is 11.5 Å². The average Bonchev–Trinajstić information content (AvgIpc) is 2.41. The first kappa shape index (κ1) is 13.6. The molecular weight excluding hydrogens is 270 g/mol. The summed E-state index contributed by atoms with van der Waals surface area (Å²) in [6.07, 6.45) is 1.22. The number of hydrogen-bond donors (Lipinski definition) is 2. The Bertz CT molecular complexity index is 689. The molecule has 0 saturated carbocycles. The predicted molar refractivity (Wildman–Crippen MR) is 65.5 cm³/mol. The van der Waals surface area contributed by atoms with Crippen molar-refractivity contribution in [1.82, 2.24) is 4.98 Å². The summed E-state index contributed by atoms with van der Waals surface area (Å²) < 4.78 is 26.3. The first-order valence-corrected chi connectivity index (χ1v) is 5.44. The van der Waals surface area contributed by atoms with Crippen molar-refractivity contribution in [3.05, 3.63) is 59.4 Å². The van der Waals surface area contributed by atoms with Gasteiger partial charge in [-0.2, -0.15) is 0 Å². The van der Waals surface area contributed by atoms with Crippen LogP contribution in [0.25, 0.3) is 0 Å². The van der Waals surface area contributed by atoms with E-state index in [0.717, 1.165) is 24.3 Å². The summed E-state index contributed by atoms with van der Waals surface area (Å²) in [5.74, 6) is -3.94. The van der Waals surface area contributed by atoms with Crippen LogP contribution in [0, 0.1) is 11.6 Å². The molecule has 1 aromatic heterocycles. The fourth-order valence-electron chi connectivity index (χ4n) is 1.54. The number of aromatic nitrogens is 1.